The quantitative estimate of drug-likeness (QED) is 0.276. The summed E-state index contributed by atoms with van der Waals surface area (Å²) in [5.74, 6) is 1.88. The smallest absolute Gasteiger partial charge is 0.294 e. The maximum Gasteiger partial charge on any atom is 0.294 e. The molecule has 0 aliphatic rings. The molecule has 0 unspecified atom stereocenters. The third-order valence-electron chi connectivity index (χ3n) is 5.35. The molecule has 1 aromatic carbocycles. The molecule has 0 fully saturated rings. The standard InChI is InChI=1S/C24H19N5O4S2/c1-13-4-5-14(9-25-13)22-26-15(12-34-22)11-32-19-6-16(30-2)7-20-17(19)8-21(33-20)18-10-29-23(27-18)35-24(28-29)31-3/h4-10,12H,11H2,1-3H3. The number of aryl methyl sites for hydroxylation is 1. The van der Waals surface area contributed by atoms with Crippen LogP contribution in [0, 0.1) is 6.92 Å². The molecule has 0 spiro atoms. The van der Waals surface area contributed by atoms with Gasteiger partial charge in [0.05, 0.1) is 31.5 Å². The van der Waals surface area contributed by atoms with Crippen molar-refractivity contribution >= 4 is 38.6 Å². The van der Waals surface area contributed by atoms with Crippen LogP contribution < -0.4 is 14.2 Å². The molecule has 0 radical (unpaired) electrons. The first-order valence-electron chi connectivity index (χ1n) is 10.6. The van der Waals surface area contributed by atoms with E-state index in [2.05, 4.69) is 15.1 Å². The third-order valence-corrected chi connectivity index (χ3v) is 7.17. The molecule has 0 aliphatic carbocycles. The minimum Gasteiger partial charge on any atom is -0.496 e. The highest BCUT2D eigenvalue weighted by Gasteiger charge is 2.17. The van der Waals surface area contributed by atoms with Crippen LogP contribution in [0.2, 0.25) is 0 Å². The van der Waals surface area contributed by atoms with Crippen molar-refractivity contribution in [1.29, 1.82) is 0 Å². The van der Waals surface area contributed by atoms with Crippen LogP contribution in [0.5, 0.6) is 16.7 Å². The van der Waals surface area contributed by atoms with Crippen LogP contribution in [-0.2, 0) is 6.61 Å². The van der Waals surface area contributed by atoms with Crippen LogP contribution in [0.4, 0.5) is 0 Å². The zero-order valence-electron chi connectivity index (χ0n) is 19.0. The Morgan fingerprint density at radius 1 is 1.09 bits per heavy atom. The van der Waals surface area contributed by atoms with Crippen LogP contribution in [0.3, 0.4) is 0 Å². The molecule has 5 aromatic heterocycles. The maximum atomic E-state index is 6.18. The van der Waals surface area contributed by atoms with E-state index in [1.54, 1.807) is 36.3 Å². The molecule has 0 bridgehead atoms. The van der Waals surface area contributed by atoms with Gasteiger partial charge >= 0.3 is 0 Å². The van der Waals surface area contributed by atoms with Crippen LogP contribution in [-0.4, -0.2) is 38.8 Å². The van der Waals surface area contributed by atoms with Gasteiger partial charge in [-0.2, -0.15) is 0 Å². The van der Waals surface area contributed by atoms with Crippen molar-refractivity contribution in [3.8, 4) is 38.7 Å². The van der Waals surface area contributed by atoms with Crippen LogP contribution in [0.1, 0.15) is 11.4 Å². The highest BCUT2D eigenvalue weighted by molar-refractivity contribution is 7.18. The first-order valence-corrected chi connectivity index (χ1v) is 12.3. The van der Waals surface area contributed by atoms with E-state index in [1.165, 1.54) is 11.3 Å². The molecular weight excluding hydrogens is 486 g/mol. The largest absolute Gasteiger partial charge is 0.496 e. The molecule has 5 heterocycles. The Balaban J connectivity index is 1.28. The molecule has 0 aliphatic heterocycles. The van der Waals surface area contributed by atoms with Crippen molar-refractivity contribution in [2.45, 2.75) is 13.5 Å². The second-order valence-corrected chi connectivity index (χ2v) is 9.47. The lowest BCUT2D eigenvalue weighted by Gasteiger charge is -2.07. The van der Waals surface area contributed by atoms with E-state index in [9.17, 15) is 0 Å². The van der Waals surface area contributed by atoms with Gasteiger partial charge in [0.25, 0.3) is 5.19 Å². The van der Waals surface area contributed by atoms with Gasteiger partial charge in [0.15, 0.2) is 5.76 Å². The van der Waals surface area contributed by atoms with Gasteiger partial charge in [0, 0.05) is 35.0 Å². The fourth-order valence-electron chi connectivity index (χ4n) is 3.58. The summed E-state index contributed by atoms with van der Waals surface area (Å²) in [5.41, 5.74) is 4.10. The summed E-state index contributed by atoms with van der Waals surface area (Å²) in [5, 5.41) is 8.59. The molecule has 11 heteroatoms. The zero-order chi connectivity index (χ0) is 23.9. The van der Waals surface area contributed by atoms with Gasteiger partial charge in [-0.1, -0.05) is 0 Å². The van der Waals surface area contributed by atoms with Crippen molar-refractivity contribution < 1.29 is 18.6 Å². The number of benzene rings is 1. The van der Waals surface area contributed by atoms with Gasteiger partial charge in [-0.15, -0.1) is 16.4 Å². The number of imidazole rings is 1. The minimum absolute atomic E-state index is 0.308. The van der Waals surface area contributed by atoms with Crippen molar-refractivity contribution in [3.63, 3.8) is 0 Å². The summed E-state index contributed by atoms with van der Waals surface area (Å²) in [6.07, 6.45) is 3.64. The van der Waals surface area contributed by atoms with E-state index in [-0.39, 0.29) is 0 Å². The van der Waals surface area contributed by atoms with Gasteiger partial charge in [0.1, 0.15) is 34.4 Å². The number of aromatic nitrogens is 5. The molecule has 0 amide bonds. The Hall–Kier alpha value is -3.96. The summed E-state index contributed by atoms with van der Waals surface area (Å²) in [7, 11) is 3.19. The molecule has 0 saturated heterocycles. The fourth-order valence-corrected chi connectivity index (χ4v) is 5.08. The molecule has 0 N–H and O–H groups in total. The number of ether oxygens (including phenoxy) is 3. The average Bonchev–Trinajstić information content (AvgIpc) is 3.65. The SMILES string of the molecule is COc1cc(OCc2csc(-c3ccc(C)nc3)n2)c2cc(-c3cn4nc(OC)sc4n3)oc2c1. The van der Waals surface area contributed by atoms with E-state index in [0.717, 1.165) is 32.3 Å². The fraction of sp³-hybridized carbons (Fsp3) is 0.167. The number of hydrogen-bond acceptors (Lipinski definition) is 10. The van der Waals surface area contributed by atoms with Gasteiger partial charge < -0.3 is 18.6 Å². The minimum atomic E-state index is 0.308. The monoisotopic (exact) mass is 505 g/mol. The van der Waals surface area contributed by atoms with Crippen LogP contribution in [0.15, 0.2) is 52.5 Å². The summed E-state index contributed by atoms with van der Waals surface area (Å²) < 4.78 is 24.6. The van der Waals surface area contributed by atoms with Gasteiger partial charge in [-0.05, 0) is 36.5 Å². The highest BCUT2D eigenvalue weighted by atomic mass is 32.1. The Bertz CT molecular complexity index is 1620. The molecule has 9 nitrogen and oxygen atoms in total. The lowest BCUT2D eigenvalue weighted by molar-refractivity contribution is 0.303. The average molecular weight is 506 g/mol. The number of thiazole rings is 1. The Labute approximate surface area is 207 Å². The molecule has 6 aromatic rings. The van der Waals surface area contributed by atoms with Crippen molar-refractivity contribution in [1.82, 2.24) is 24.6 Å². The summed E-state index contributed by atoms with van der Waals surface area (Å²) in [6.45, 7) is 2.27. The number of furan rings is 1. The van der Waals surface area contributed by atoms with Gasteiger partial charge in [0.2, 0.25) is 4.96 Å². The first-order chi connectivity index (χ1) is 17.1. The lowest BCUT2D eigenvalue weighted by Crippen LogP contribution is -1.97. The highest BCUT2D eigenvalue weighted by Crippen LogP contribution is 2.37. The van der Waals surface area contributed by atoms with E-state index >= 15 is 0 Å². The second-order valence-electron chi connectivity index (χ2n) is 7.69. The van der Waals surface area contributed by atoms with E-state index in [0.29, 0.717) is 40.3 Å². The Morgan fingerprint density at radius 3 is 2.77 bits per heavy atom. The van der Waals surface area contributed by atoms with E-state index in [1.807, 2.05) is 48.8 Å². The van der Waals surface area contributed by atoms with Gasteiger partial charge in [-0.25, -0.2) is 14.5 Å². The number of pyridine rings is 1. The first kappa shape index (κ1) is 21.6. The van der Waals surface area contributed by atoms with Crippen molar-refractivity contribution in [3.05, 3.63) is 59.5 Å². The summed E-state index contributed by atoms with van der Waals surface area (Å²) >= 11 is 2.92. The summed E-state index contributed by atoms with van der Waals surface area (Å²) in [4.78, 5) is 14.4. The van der Waals surface area contributed by atoms with Crippen molar-refractivity contribution in [2.75, 3.05) is 14.2 Å². The van der Waals surface area contributed by atoms with Crippen LogP contribution in [0.25, 0.3) is 38.0 Å². The number of nitrogens with zero attached hydrogens (tertiary/aromatic N) is 5. The predicted octanol–water partition coefficient (Wildman–Crippen LogP) is 5.63. The Kier molecular flexibility index (Phi) is 5.34. The third kappa shape index (κ3) is 4.08. The molecule has 176 valence electrons. The number of fused-ring (bicyclic) bond motifs is 2. The molecular formula is C24H19N5O4S2. The predicted molar refractivity (Wildman–Crippen MR) is 134 cm³/mol. The maximum absolute atomic E-state index is 6.18. The molecule has 6 rings (SSSR count). The normalized spacial score (nSPS) is 11.4. The zero-order valence-corrected chi connectivity index (χ0v) is 20.6. The van der Waals surface area contributed by atoms with E-state index in [4.69, 9.17) is 23.6 Å². The topological polar surface area (TPSA) is 96.8 Å². The molecule has 0 atom stereocenters. The Morgan fingerprint density at radius 2 is 2.00 bits per heavy atom. The molecule has 0 saturated carbocycles. The number of rotatable bonds is 7. The second kappa shape index (κ2) is 8.67. The van der Waals surface area contributed by atoms with Crippen molar-refractivity contribution in [2.24, 2.45) is 0 Å². The lowest BCUT2D eigenvalue weighted by atomic mass is 10.2. The summed E-state index contributed by atoms with van der Waals surface area (Å²) in [6, 6.07) is 9.59. The van der Waals surface area contributed by atoms with Gasteiger partial charge in [-0.3, -0.25) is 4.98 Å². The number of hydrogen-bond donors (Lipinski definition) is 0. The number of methoxy groups -OCH3 is 2. The molecule has 35 heavy (non-hydrogen) atoms. The van der Waals surface area contributed by atoms with Crippen LogP contribution >= 0.6 is 22.7 Å². The van der Waals surface area contributed by atoms with E-state index < -0.39 is 0 Å².